The van der Waals surface area contributed by atoms with Gasteiger partial charge in [-0.2, -0.15) is 5.10 Å². The van der Waals surface area contributed by atoms with E-state index in [2.05, 4.69) is 5.32 Å². The number of aromatic nitrogens is 2. The van der Waals surface area contributed by atoms with Crippen LogP contribution in [0.15, 0.2) is 24.3 Å². The molecule has 1 aromatic heterocycles. The number of esters is 1. The number of carbonyl (C=O) groups excluding carboxylic acids is 3. The Hall–Kier alpha value is -3.20. The van der Waals surface area contributed by atoms with Gasteiger partial charge in [0.2, 0.25) is 0 Å². The molecule has 0 fully saturated rings. The minimum atomic E-state index is -0.443. The first-order chi connectivity index (χ1) is 17.1. The molecule has 0 spiro atoms. The highest BCUT2D eigenvalue weighted by molar-refractivity contribution is 5.96. The van der Waals surface area contributed by atoms with Crippen molar-refractivity contribution in [2.75, 3.05) is 40.5 Å². The number of nitrogens with zero attached hydrogens (tertiary/aromatic N) is 3. The van der Waals surface area contributed by atoms with Crippen molar-refractivity contribution in [2.24, 2.45) is 5.41 Å². The summed E-state index contributed by atoms with van der Waals surface area (Å²) in [6.07, 6.45) is 2.84. The number of hydrogen-bond donors (Lipinski definition) is 1. The zero-order valence-electron chi connectivity index (χ0n) is 22.1. The third-order valence-electron chi connectivity index (χ3n) is 6.13. The molecule has 1 N–H and O–H groups in total. The quantitative estimate of drug-likeness (QED) is 0.589. The van der Waals surface area contributed by atoms with Crippen molar-refractivity contribution in [2.45, 2.75) is 53.0 Å². The number of aryl methyl sites for hydroxylation is 1. The van der Waals surface area contributed by atoms with Crippen LogP contribution in [0.5, 0.6) is 0 Å². The van der Waals surface area contributed by atoms with E-state index < -0.39 is 11.4 Å². The molecule has 0 saturated carbocycles. The van der Waals surface area contributed by atoms with Crippen LogP contribution < -0.4 is 5.32 Å². The van der Waals surface area contributed by atoms with Gasteiger partial charge in [-0.05, 0) is 50.5 Å². The highest BCUT2D eigenvalue weighted by Crippen LogP contribution is 2.27. The van der Waals surface area contributed by atoms with Gasteiger partial charge < -0.3 is 19.7 Å². The Morgan fingerprint density at radius 2 is 1.81 bits per heavy atom. The van der Waals surface area contributed by atoms with Crippen LogP contribution in [0.2, 0.25) is 0 Å². The number of fused-ring (bicyclic) bond motifs is 1. The van der Waals surface area contributed by atoms with Crippen LogP contribution in [0.25, 0.3) is 0 Å². The molecule has 1 aliphatic rings. The van der Waals surface area contributed by atoms with Gasteiger partial charge in [-0.25, -0.2) is 4.79 Å². The molecule has 0 saturated heterocycles. The van der Waals surface area contributed by atoms with E-state index >= 15 is 0 Å². The minimum absolute atomic E-state index is 0.104. The second kappa shape index (κ2) is 12.2. The van der Waals surface area contributed by atoms with Gasteiger partial charge in [-0.15, -0.1) is 0 Å². The number of amides is 2. The highest BCUT2D eigenvalue weighted by atomic mass is 16.5. The van der Waals surface area contributed by atoms with Crippen LogP contribution in [0.1, 0.15) is 76.1 Å². The molecule has 1 aromatic carbocycles. The lowest BCUT2D eigenvalue weighted by Gasteiger charge is -2.24. The largest absolute Gasteiger partial charge is 0.462 e. The summed E-state index contributed by atoms with van der Waals surface area (Å²) in [6, 6.07) is 6.46. The summed E-state index contributed by atoms with van der Waals surface area (Å²) in [4.78, 5) is 39.2. The Labute approximate surface area is 213 Å². The average molecular weight is 499 g/mol. The summed E-state index contributed by atoms with van der Waals surface area (Å²) < 4.78 is 13.1. The van der Waals surface area contributed by atoms with Gasteiger partial charge in [-0.3, -0.25) is 14.3 Å². The lowest BCUT2D eigenvalue weighted by atomic mass is 9.86. The van der Waals surface area contributed by atoms with Gasteiger partial charge in [0.1, 0.15) is 5.69 Å². The average Bonchev–Trinajstić information content (AvgIpc) is 3.17. The van der Waals surface area contributed by atoms with Crippen LogP contribution in [-0.4, -0.2) is 72.9 Å². The smallest absolute Gasteiger partial charge is 0.338 e. The Morgan fingerprint density at radius 1 is 1.14 bits per heavy atom. The van der Waals surface area contributed by atoms with Crippen molar-refractivity contribution < 1.29 is 23.9 Å². The molecular formula is C27H38N4O5. The van der Waals surface area contributed by atoms with Crippen molar-refractivity contribution in [3.8, 4) is 0 Å². The summed E-state index contributed by atoms with van der Waals surface area (Å²) >= 11 is 0. The number of nitrogens with one attached hydrogen (secondary N) is 1. The normalized spacial score (nSPS) is 14.9. The fourth-order valence-electron chi connectivity index (χ4n) is 4.20. The van der Waals surface area contributed by atoms with Gasteiger partial charge in [0.15, 0.2) is 0 Å². The summed E-state index contributed by atoms with van der Waals surface area (Å²) in [5.41, 5.74) is 2.91. The first-order valence-corrected chi connectivity index (χ1v) is 12.6. The molecule has 0 atom stereocenters. The molecule has 0 bridgehead atoms. The molecule has 2 amide bonds. The maximum absolute atomic E-state index is 13.0. The van der Waals surface area contributed by atoms with Gasteiger partial charge in [-0.1, -0.05) is 13.8 Å². The molecule has 2 heterocycles. The number of carbonyl (C=O) groups is 3. The highest BCUT2D eigenvalue weighted by Gasteiger charge is 2.29. The SMILES string of the molecule is CCn1nc(CC(C)(C)COC(=O)c2ccc(C(=O)N(C)C)cc2)c2c1C(=O)NCCCOCCC2. The summed E-state index contributed by atoms with van der Waals surface area (Å²) in [5.74, 6) is -0.672. The topological polar surface area (TPSA) is 103 Å². The van der Waals surface area contributed by atoms with Crippen molar-refractivity contribution in [1.82, 2.24) is 20.0 Å². The van der Waals surface area contributed by atoms with Crippen molar-refractivity contribution in [1.29, 1.82) is 0 Å². The van der Waals surface area contributed by atoms with Gasteiger partial charge in [0, 0.05) is 63.4 Å². The molecule has 196 valence electrons. The monoisotopic (exact) mass is 498 g/mol. The van der Waals surface area contributed by atoms with Crippen LogP contribution in [0.3, 0.4) is 0 Å². The van der Waals surface area contributed by atoms with Gasteiger partial charge in [0.05, 0.1) is 17.9 Å². The van der Waals surface area contributed by atoms with Gasteiger partial charge in [0.25, 0.3) is 11.8 Å². The molecule has 0 radical (unpaired) electrons. The maximum atomic E-state index is 13.0. The van der Waals surface area contributed by atoms with E-state index in [1.54, 1.807) is 43.0 Å². The third-order valence-corrected chi connectivity index (χ3v) is 6.13. The number of rotatable bonds is 7. The third kappa shape index (κ3) is 6.94. The molecule has 3 rings (SSSR count). The van der Waals surface area contributed by atoms with Gasteiger partial charge >= 0.3 is 5.97 Å². The van der Waals surface area contributed by atoms with Crippen LogP contribution in [-0.2, 0) is 28.9 Å². The zero-order valence-corrected chi connectivity index (χ0v) is 22.1. The Kier molecular flexibility index (Phi) is 9.25. The number of benzene rings is 1. The minimum Gasteiger partial charge on any atom is -0.462 e. The molecular weight excluding hydrogens is 460 g/mol. The predicted molar refractivity (Wildman–Crippen MR) is 136 cm³/mol. The zero-order chi connectivity index (χ0) is 26.3. The first-order valence-electron chi connectivity index (χ1n) is 12.6. The number of ether oxygens (including phenoxy) is 2. The number of hydrogen-bond acceptors (Lipinski definition) is 6. The lowest BCUT2D eigenvalue weighted by Crippen LogP contribution is -2.28. The van der Waals surface area contributed by atoms with E-state index in [0.29, 0.717) is 56.0 Å². The molecule has 9 nitrogen and oxygen atoms in total. The maximum Gasteiger partial charge on any atom is 0.338 e. The van der Waals surface area contributed by atoms with E-state index in [9.17, 15) is 14.4 Å². The second-order valence-electron chi connectivity index (χ2n) is 10.1. The van der Waals surface area contributed by atoms with Crippen molar-refractivity contribution in [3.05, 3.63) is 52.3 Å². The second-order valence-corrected chi connectivity index (χ2v) is 10.1. The van der Waals surface area contributed by atoms with E-state index in [1.165, 1.54) is 4.90 Å². The summed E-state index contributed by atoms with van der Waals surface area (Å²) in [6.45, 7) is 8.63. The molecule has 0 unspecified atom stereocenters. The van der Waals surface area contributed by atoms with E-state index in [-0.39, 0.29) is 18.4 Å². The molecule has 9 heteroatoms. The van der Waals surface area contributed by atoms with Crippen LogP contribution >= 0.6 is 0 Å². The Bertz CT molecular complexity index is 1070. The summed E-state index contributed by atoms with van der Waals surface area (Å²) in [5, 5.41) is 7.77. The molecule has 1 aliphatic heterocycles. The first kappa shape index (κ1) is 27.4. The molecule has 2 aromatic rings. The van der Waals surface area contributed by atoms with Crippen LogP contribution in [0.4, 0.5) is 0 Å². The Morgan fingerprint density at radius 3 is 2.47 bits per heavy atom. The van der Waals surface area contributed by atoms with Crippen molar-refractivity contribution in [3.63, 3.8) is 0 Å². The van der Waals surface area contributed by atoms with E-state index in [4.69, 9.17) is 14.6 Å². The Balaban J connectivity index is 1.72. The van der Waals surface area contributed by atoms with E-state index in [0.717, 1.165) is 24.1 Å². The predicted octanol–water partition coefficient (Wildman–Crippen LogP) is 3.11. The fourth-order valence-corrected chi connectivity index (χ4v) is 4.20. The fraction of sp³-hybridized carbons (Fsp3) is 0.556. The van der Waals surface area contributed by atoms with Crippen molar-refractivity contribution >= 4 is 17.8 Å². The van der Waals surface area contributed by atoms with E-state index in [1.807, 2.05) is 20.8 Å². The molecule has 36 heavy (non-hydrogen) atoms. The lowest BCUT2D eigenvalue weighted by molar-refractivity contribution is 0.0339. The standard InChI is InChI=1S/C27H38N4O5/c1-6-31-23-21(9-7-15-35-16-8-14-28-24(23)32)22(29-31)17-27(2,3)18-36-26(34)20-12-10-19(11-13-20)25(33)30(4)5/h10-13H,6-9,14-18H2,1-5H3,(H,28,32). The molecule has 0 aliphatic carbocycles. The van der Waals surface area contributed by atoms with Crippen LogP contribution in [0, 0.1) is 5.41 Å². The summed E-state index contributed by atoms with van der Waals surface area (Å²) in [7, 11) is 3.36.